The van der Waals surface area contributed by atoms with Crippen molar-refractivity contribution in [2.75, 3.05) is 39.9 Å². The topological polar surface area (TPSA) is 103 Å². The minimum Gasteiger partial charge on any atom is -0.497 e. The summed E-state index contributed by atoms with van der Waals surface area (Å²) in [6.07, 6.45) is 4.47. The molecule has 3 aliphatic rings. The second-order valence-corrected chi connectivity index (χ2v) is 10.5. The van der Waals surface area contributed by atoms with Gasteiger partial charge in [0.2, 0.25) is 5.91 Å². The molecule has 0 radical (unpaired) electrons. The van der Waals surface area contributed by atoms with Crippen molar-refractivity contribution in [2.45, 2.75) is 51.2 Å². The van der Waals surface area contributed by atoms with E-state index in [1.807, 2.05) is 9.80 Å². The first-order chi connectivity index (χ1) is 17.9. The molecule has 0 bridgehead atoms. The summed E-state index contributed by atoms with van der Waals surface area (Å²) in [4.78, 5) is 55.6. The number of benzene rings is 1. The molecule has 0 spiro atoms. The number of nitrogens with zero attached hydrogens (tertiary/aromatic N) is 4. The van der Waals surface area contributed by atoms with E-state index < -0.39 is 0 Å². The zero-order valence-corrected chi connectivity index (χ0v) is 21.7. The number of ether oxygens (including phenoxy) is 2. The van der Waals surface area contributed by atoms with Gasteiger partial charge in [-0.05, 0) is 62.6 Å². The fraction of sp³-hybridized carbons (Fsp3) is 0.630. The lowest BCUT2D eigenvalue weighted by molar-refractivity contribution is -0.147. The minimum atomic E-state index is -0.323. The van der Waals surface area contributed by atoms with Gasteiger partial charge in [0.25, 0.3) is 11.5 Å². The van der Waals surface area contributed by atoms with Crippen LogP contribution >= 0.6 is 0 Å². The van der Waals surface area contributed by atoms with Crippen molar-refractivity contribution in [3.05, 3.63) is 39.0 Å². The molecule has 1 aliphatic carbocycles. The number of piperazine rings is 1. The van der Waals surface area contributed by atoms with E-state index >= 15 is 0 Å². The summed E-state index contributed by atoms with van der Waals surface area (Å²) in [7, 11) is 3.23. The predicted octanol–water partition coefficient (Wildman–Crippen LogP) is 1.37. The molecule has 2 saturated heterocycles. The van der Waals surface area contributed by atoms with Crippen molar-refractivity contribution in [3.63, 3.8) is 0 Å². The van der Waals surface area contributed by atoms with Crippen LogP contribution in [0.25, 0.3) is 10.9 Å². The lowest BCUT2D eigenvalue weighted by Gasteiger charge is -2.38. The van der Waals surface area contributed by atoms with Crippen molar-refractivity contribution < 1.29 is 19.1 Å². The summed E-state index contributed by atoms with van der Waals surface area (Å²) in [5.74, 6) is 0.911. The molecule has 10 nitrogen and oxygen atoms in total. The van der Waals surface area contributed by atoms with Crippen molar-refractivity contribution in [1.82, 2.24) is 18.9 Å². The van der Waals surface area contributed by atoms with E-state index in [0.717, 1.165) is 38.5 Å². The molecule has 1 saturated carbocycles. The number of fused-ring (bicyclic) bond motifs is 1. The molecule has 0 unspecified atom stereocenters. The summed E-state index contributed by atoms with van der Waals surface area (Å²) in [5, 5.41) is 0.461. The zero-order chi connectivity index (χ0) is 26.1. The molecule has 1 aromatic heterocycles. The number of carbonyl (C=O) groups is 2. The van der Waals surface area contributed by atoms with Gasteiger partial charge in [-0.15, -0.1) is 0 Å². The Kier molecular flexibility index (Phi) is 7.37. The average Bonchev–Trinajstić information content (AvgIpc) is 3.49. The number of hydrogen-bond acceptors (Lipinski definition) is 6. The molecule has 2 aromatic rings. The van der Waals surface area contributed by atoms with E-state index in [1.54, 1.807) is 32.4 Å². The van der Waals surface area contributed by atoms with E-state index in [9.17, 15) is 19.2 Å². The Balaban J connectivity index is 1.18. The molecule has 3 heterocycles. The summed E-state index contributed by atoms with van der Waals surface area (Å²) < 4.78 is 13.6. The summed E-state index contributed by atoms with van der Waals surface area (Å²) in [5.41, 5.74) is -0.0409. The maximum atomic E-state index is 13.2. The van der Waals surface area contributed by atoms with Crippen LogP contribution in [-0.4, -0.2) is 76.7 Å². The molecular formula is C27H36N4O6. The van der Waals surface area contributed by atoms with Crippen LogP contribution in [0.2, 0.25) is 0 Å². The molecule has 1 aromatic carbocycles. The van der Waals surface area contributed by atoms with Crippen molar-refractivity contribution >= 4 is 22.7 Å². The maximum absolute atomic E-state index is 13.2. The van der Waals surface area contributed by atoms with E-state index in [1.165, 1.54) is 9.13 Å². The lowest BCUT2D eigenvalue weighted by atomic mass is 9.81. The highest BCUT2D eigenvalue weighted by Gasteiger charge is 2.34. The van der Waals surface area contributed by atoms with Gasteiger partial charge < -0.3 is 19.3 Å². The van der Waals surface area contributed by atoms with E-state index in [4.69, 9.17) is 9.47 Å². The number of aryl methyl sites for hydroxylation is 1. The number of hydrogen-bond donors (Lipinski definition) is 0. The number of carbonyl (C=O) groups excluding carboxylic acids is 2. The Bertz CT molecular complexity index is 1280. The largest absolute Gasteiger partial charge is 0.497 e. The van der Waals surface area contributed by atoms with Gasteiger partial charge in [-0.2, -0.15) is 0 Å². The van der Waals surface area contributed by atoms with Crippen LogP contribution in [0.15, 0.2) is 27.8 Å². The lowest BCUT2D eigenvalue weighted by Crippen LogP contribution is -2.54. The third-order valence-electron chi connectivity index (χ3n) is 8.30. The molecule has 2 amide bonds. The van der Waals surface area contributed by atoms with Crippen molar-refractivity contribution in [3.8, 4) is 5.75 Å². The van der Waals surface area contributed by atoms with Crippen LogP contribution in [0, 0.1) is 11.8 Å². The maximum Gasteiger partial charge on any atom is 0.331 e. The molecule has 1 atom stereocenters. The first-order valence-corrected chi connectivity index (χ1v) is 13.3. The second-order valence-electron chi connectivity index (χ2n) is 10.5. The van der Waals surface area contributed by atoms with Crippen LogP contribution in [0.4, 0.5) is 0 Å². The van der Waals surface area contributed by atoms with Crippen LogP contribution in [-0.2, 0) is 27.9 Å². The van der Waals surface area contributed by atoms with Gasteiger partial charge in [0.05, 0.1) is 18.0 Å². The Morgan fingerprint density at radius 2 is 1.65 bits per heavy atom. The predicted molar refractivity (Wildman–Crippen MR) is 138 cm³/mol. The van der Waals surface area contributed by atoms with E-state index in [0.29, 0.717) is 56.0 Å². The minimum absolute atomic E-state index is 0.0444. The van der Waals surface area contributed by atoms with Crippen LogP contribution in [0.3, 0.4) is 0 Å². The van der Waals surface area contributed by atoms with Gasteiger partial charge in [-0.25, -0.2) is 4.79 Å². The molecular weight excluding hydrogens is 476 g/mol. The SMILES string of the molecule is COc1ccc2c(c1)c(=O)n(C[C@H]1CC[C@H](C(=O)N3CCN(C(=O)[C@@H]4CCCO4)CC3)CC1)c(=O)n2C. The van der Waals surface area contributed by atoms with Crippen molar-refractivity contribution in [1.29, 1.82) is 0 Å². The monoisotopic (exact) mass is 512 g/mol. The number of rotatable bonds is 5. The summed E-state index contributed by atoms with van der Waals surface area (Å²) in [6.45, 7) is 3.23. The molecule has 200 valence electrons. The Hall–Kier alpha value is -3.14. The number of methoxy groups -OCH3 is 1. The van der Waals surface area contributed by atoms with E-state index in [-0.39, 0.29) is 41.0 Å². The molecule has 10 heteroatoms. The standard InChI is InChI=1S/C27H36N4O6/c1-28-22-10-9-20(36-2)16-21(22)25(33)31(27(28)35)17-18-5-7-19(8-6-18)24(32)29-11-13-30(14-12-29)26(34)23-4-3-15-37-23/h9-10,16,18-19,23H,3-8,11-15,17H2,1-2H3/t18-,19-,23-/m0/s1. The van der Waals surface area contributed by atoms with Crippen molar-refractivity contribution in [2.24, 2.45) is 18.9 Å². The summed E-state index contributed by atoms with van der Waals surface area (Å²) in [6, 6.07) is 5.15. The normalized spacial score (nSPS) is 24.4. The molecule has 3 fully saturated rings. The highest BCUT2D eigenvalue weighted by Crippen LogP contribution is 2.31. The van der Waals surface area contributed by atoms with Gasteiger partial charge in [-0.3, -0.25) is 23.5 Å². The zero-order valence-electron chi connectivity index (χ0n) is 21.7. The van der Waals surface area contributed by atoms with Gasteiger partial charge in [-0.1, -0.05) is 0 Å². The van der Waals surface area contributed by atoms with Crippen LogP contribution in [0.1, 0.15) is 38.5 Å². The van der Waals surface area contributed by atoms with Gasteiger partial charge >= 0.3 is 5.69 Å². The second kappa shape index (κ2) is 10.7. The summed E-state index contributed by atoms with van der Waals surface area (Å²) >= 11 is 0. The van der Waals surface area contributed by atoms with Crippen LogP contribution in [0.5, 0.6) is 5.75 Å². The average molecular weight is 513 g/mol. The first-order valence-electron chi connectivity index (χ1n) is 13.3. The Morgan fingerprint density at radius 1 is 0.973 bits per heavy atom. The first kappa shape index (κ1) is 25.5. The van der Waals surface area contributed by atoms with Gasteiger partial charge in [0, 0.05) is 52.3 Å². The fourth-order valence-electron chi connectivity index (χ4n) is 6.01. The quantitative estimate of drug-likeness (QED) is 0.600. The third kappa shape index (κ3) is 5.03. The molecule has 0 N–H and O–H groups in total. The van der Waals surface area contributed by atoms with E-state index in [2.05, 4.69) is 0 Å². The Labute approximate surface area is 215 Å². The molecule has 37 heavy (non-hydrogen) atoms. The number of amides is 2. The van der Waals surface area contributed by atoms with Crippen LogP contribution < -0.4 is 16.0 Å². The van der Waals surface area contributed by atoms with Gasteiger partial charge in [0.1, 0.15) is 11.9 Å². The highest BCUT2D eigenvalue weighted by molar-refractivity contribution is 5.82. The highest BCUT2D eigenvalue weighted by atomic mass is 16.5. The van der Waals surface area contributed by atoms with Gasteiger partial charge in [0.15, 0.2) is 0 Å². The third-order valence-corrected chi connectivity index (χ3v) is 8.30. The molecule has 5 rings (SSSR count). The Morgan fingerprint density at radius 3 is 2.27 bits per heavy atom. The molecule has 2 aliphatic heterocycles. The number of aromatic nitrogens is 2. The smallest absolute Gasteiger partial charge is 0.331 e. The fourth-order valence-corrected chi connectivity index (χ4v) is 6.01.